The largest absolute Gasteiger partial charge is 0.382 e. The second-order valence-corrected chi connectivity index (χ2v) is 8.77. The molecule has 0 bridgehead atoms. The summed E-state index contributed by atoms with van der Waals surface area (Å²) in [5.74, 6) is 0. The number of urea groups is 1. The van der Waals surface area contributed by atoms with Crippen LogP contribution in [-0.2, 0) is 0 Å². The Bertz CT molecular complexity index is 1260. The number of carbonyl (C=O) groups is 1. The average molecular weight is 445 g/mol. The second-order valence-electron chi connectivity index (χ2n) is 8.34. The van der Waals surface area contributed by atoms with Crippen LogP contribution in [0, 0.1) is 0 Å². The Morgan fingerprint density at radius 3 is 2.50 bits per heavy atom. The van der Waals surface area contributed by atoms with Crippen LogP contribution in [0.2, 0.25) is 5.02 Å². The molecule has 3 N–H and O–H groups in total. The van der Waals surface area contributed by atoms with Crippen LogP contribution < -0.4 is 16.0 Å². The highest BCUT2D eigenvalue weighted by molar-refractivity contribution is 6.31. The van der Waals surface area contributed by atoms with Gasteiger partial charge in [-0.1, -0.05) is 48.0 Å². The molecule has 0 radical (unpaired) electrons. The summed E-state index contributed by atoms with van der Waals surface area (Å²) in [7, 11) is 0. The van der Waals surface area contributed by atoms with Gasteiger partial charge in [0.1, 0.15) is 0 Å². The summed E-state index contributed by atoms with van der Waals surface area (Å²) in [6.45, 7) is 0. The summed E-state index contributed by atoms with van der Waals surface area (Å²) < 4.78 is 0. The van der Waals surface area contributed by atoms with Gasteiger partial charge in [-0.2, -0.15) is 0 Å². The molecule has 32 heavy (non-hydrogen) atoms. The summed E-state index contributed by atoms with van der Waals surface area (Å²) in [5.41, 5.74) is 2.81. The predicted molar refractivity (Wildman–Crippen MR) is 133 cm³/mol. The van der Waals surface area contributed by atoms with Crippen LogP contribution in [-0.4, -0.2) is 23.1 Å². The molecule has 4 aromatic rings. The summed E-state index contributed by atoms with van der Waals surface area (Å²) in [6.07, 6.45) is 5.68. The zero-order valence-corrected chi connectivity index (χ0v) is 18.4. The lowest BCUT2D eigenvalue weighted by atomic mass is 9.91. The second kappa shape index (κ2) is 9.05. The van der Waals surface area contributed by atoms with E-state index < -0.39 is 0 Å². The van der Waals surface area contributed by atoms with E-state index in [0.29, 0.717) is 11.1 Å². The number of anilines is 2. The maximum Gasteiger partial charge on any atom is 0.319 e. The van der Waals surface area contributed by atoms with Crippen molar-refractivity contribution in [1.29, 1.82) is 0 Å². The zero-order valence-electron chi connectivity index (χ0n) is 17.6. The maximum atomic E-state index is 12.6. The molecule has 2 amide bonds. The monoisotopic (exact) mass is 444 g/mol. The first-order valence-corrected chi connectivity index (χ1v) is 11.4. The van der Waals surface area contributed by atoms with Crippen LogP contribution in [0.15, 0.2) is 72.9 Å². The number of pyridine rings is 1. The van der Waals surface area contributed by atoms with Gasteiger partial charge in [0.2, 0.25) is 0 Å². The number of amides is 2. The number of fused-ring (bicyclic) bond motifs is 2. The topological polar surface area (TPSA) is 66.1 Å². The molecule has 162 valence electrons. The molecular weight excluding hydrogens is 420 g/mol. The molecular formula is C26H25ClN4O. The Balaban J connectivity index is 1.17. The number of carbonyl (C=O) groups excluding carboxylic acids is 1. The third-order valence-corrected chi connectivity index (χ3v) is 6.40. The van der Waals surface area contributed by atoms with E-state index in [0.717, 1.165) is 58.7 Å². The molecule has 5 rings (SSSR count). The van der Waals surface area contributed by atoms with Crippen molar-refractivity contribution in [3.8, 4) is 0 Å². The van der Waals surface area contributed by atoms with Crippen molar-refractivity contribution in [3.05, 3.63) is 77.9 Å². The highest BCUT2D eigenvalue weighted by Crippen LogP contribution is 2.28. The van der Waals surface area contributed by atoms with Gasteiger partial charge in [0.05, 0.1) is 11.2 Å². The highest BCUT2D eigenvalue weighted by Gasteiger charge is 2.23. The number of rotatable bonds is 4. The molecule has 0 atom stereocenters. The molecule has 5 nitrogen and oxygen atoms in total. The van der Waals surface area contributed by atoms with E-state index in [-0.39, 0.29) is 12.1 Å². The summed E-state index contributed by atoms with van der Waals surface area (Å²) in [5, 5.41) is 13.8. The van der Waals surface area contributed by atoms with Gasteiger partial charge in [0.25, 0.3) is 0 Å². The minimum atomic E-state index is -0.144. The number of hydrogen-bond donors (Lipinski definition) is 3. The summed E-state index contributed by atoms with van der Waals surface area (Å²) in [4.78, 5) is 17.0. The molecule has 1 aromatic heterocycles. The molecule has 1 heterocycles. The first-order valence-electron chi connectivity index (χ1n) is 11.0. The standard InChI is InChI=1S/C26H25ClN4O/c27-18-8-13-22-24(14-15-28-25(22)16-18)29-19-9-11-20(12-10-19)30-26(32)31-23-7-3-5-17-4-1-2-6-21(17)23/h1-8,13-16,19-20H,9-12H2,(H,28,29)(H2,30,31,32)/t19-,20+. The SMILES string of the molecule is O=C(Nc1cccc2ccccc12)N[C@H]1CC[C@@H](Nc2ccnc3cc(Cl)ccc23)CC1. The van der Waals surface area contributed by atoms with Gasteiger partial charge in [0.15, 0.2) is 0 Å². The van der Waals surface area contributed by atoms with Gasteiger partial charge in [-0.05, 0) is 61.4 Å². The minimum absolute atomic E-state index is 0.144. The first kappa shape index (κ1) is 20.6. The maximum absolute atomic E-state index is 12.6. The third-order valence-electron chi connectivity index (χ3n) is 6.16. The zero-order chi connectivity index (χ0) is 21.9. The minimum Gasteiger partial charge on any atom is -0.382 e. The van der Waals surface area contributed by atoms with E-state index in [2.05, 4.69) is 20.9 Å². The fourth-order valence-electron chi connectivity index (χ4n) is 4.53. The summed E-state index contributed by atoms with van der Waals surface area (Å²) in [6, 6.07) is 22.2. The number of nitrogens with zero attached hydrogens (tertiary/aromatic N) is 1. The van der Waals surface area contributed by atoms with Crippen molar-refractivity contribution in [1.82, 2.24) is 10.3 Å². The molecule has 0 unspecified atom stereocenters. The third kappa shape index (κ3) is 4.48. The smallest absolute Gasteiger partial charge is 0.319 e. The fourth-order valence-corrected chi connectivity index (χ4v) is 4.69. The van der Waals surface area contributed by atoms with Crippen LogP contribution in [0.4, 0.5) is 16.2 Å². The molecule has 3 aromatic carbocycles. The van der Waals surface area contributed by atoms with Crippen molar-refractivity contribution >= 4 is 50.7 Å². The number of benzene rings is 3. The fraction of sp³-hybridized carbons (Fsp3) is 0.231. The predicted octanol–water partition coefficient (Wildman–Crippen LogP) is 6.59. The van der Waals surface area contributed by atoms with Crippen molar-refractivity contribution in [2.24, 2.45) is 0 Å². The normalized spacial score (nSPS) is 18.4. The van der Waals surface area contributed by atoms with Crippen LogP contribution >= 0.6 is 11.6 Å². The Morgan fingerprint density at radius 2 is 1.62 bits per heavy atom. The lowest BCUT2D eigenvalue weighted by molar-refractivity contribution is 0.243. The van der Waals surface area contributed by atoms with Crippen molar-refractivity contribution in [3.63, 3.8) is 0 Å². The molecule has 0 saturated heterocycles. The Morgan fingerprint density at radius 1 is 0.844 bits per heavy atom. The van der Waals surface area contributed by atoms with Crippen molar-refractivity contribution in [2.45, 2.75) is 37.8 Å². The van der Waals surface area contributed by atoms with E-state index in [1.54, 1.807) is 0 Å². The van der Waals surface area contributed by atoms with Gasteiger partial charge in [-0.25, -0.2) is 4.79 Å². The van der Waals surface area contributed by atoms with Gasteiger partial charge >= 0.3 is 6.03 Å². The van der Waals surface area contributed by atoms with Crippen LogP contribution in [0.5, 0.6) is 0 Å². The van der Waals surface area contributed by atoms with Crippen LogP contribution in [0.25, 0.3) is 21.7 Å². The highest BCUT2D eigenvalue weighted by atomic mass is 35.5. The van der Waals surface area contributed by atoms with Crippen LogP contribution in [0.1, 0.15) is 25.7 Å². The molecule has 1 aliphatic rings. The molecule has 6 heteroatoms. The van der Waals surface area contributed by atoms with Crippen molar-refractivity contribution < 1.29 is 4.79 Å². The van der Waals surface area contributed by atoms with E-state index in [1.807, 2.05) is 72.9 Å². The number of hydrogen-bond acceptors (Lipinski definition) is 3. The van der Waals surface area contributed by atoms with E-state index in [9.17, 15) is 4.79 Å². The first-order chi connectivity index (χ1) is 15.7. The molecule has 0 aliphatic heterocycles. The number of halogens is 1. The van der Waals surface area contributed by atoms with E-state index in [1.165, 1.54) is 0 Å². The van der Waals surface area contributed by atoms with E-state index >= 15 is 0 Å². The Labute approximate surface area is 192 Å². The summed E-state index contributed by atoms with van der Waals surface area (Å²) >= 11 is 6.10. The van der Waals surface area contributed by atoms with Gasteiger partial charge < -0.3 is 16.0 Å². The van der Waals surface area contributed by atoms with Gasteiger partial charge in [0, 0.05) is 39.8 Å². The average Bonchev–Trinajstić information content (AvgIpc) is 2.80. The number of aromatic nitrogens is 1. The van der Waals surface area contributed by atoms with Gasteiger partial charge in [-0.3, -0.25) is 4.98 Å². The lowest BCUT2D eigenvalue weighted by Gasteiger charge is -2.30. The Kier molecular flexibility index (Phi) is 5.82. The van der Waals surface area contributed by atoms with Gasteiger partial charge in [-0.15, -0.1) is 0 Å². The Hall–Kier alpha value is -3.31. The molecule has 1 aliphatic carbocycles. The van der Waals surface area contributed by atoms with Crippen molar-refractivity contribution in [2.75, 3.05) is 10.6 Å². The van der Waals surface area contributed by atoms with Crippen LogP contribution in [0.3, 0.4) is 0 Å². The molecule has 0 spiro atoms. The van der Waals surface area contributed by atoms with E-state index in [4.69, 9.17) is 11.6 Å². The lowest BCUT2D eigenvalue weighted by Crippen LogP contribution is -2.42. The quantitative estimate of drug-likeness (QED) is 0.332. The molecule has 1 saturated carbocycles. The number of nitrogens with one attached hydrogen (secondary N) is 3. The molecule has 1 fully saturated rings.